The van der Waals surface area contributed by atoms with E-state index in [9.17, 15) is 4.79 Å². The van der Waals surface area contributed by atoms with Gasteiger partial charge >= 0.3 is 0 Å². The van der Waals surface area contributed by atoms with Gasteiger partial charge in [-0.2, -0.15) is 4.98 Å². The monoisotopic (exact) mass is 473 g/mol. The van der Waals surface area contributed by atoms with Gasteiger partial charge in [-0.05, 0) is 62.4 Å². The number of likely N-dealkylation sites (N-methyl/N-ethyl adjacent to an activating group) is 1. The van der Waals surface area contributed by atoms with Crippen molar-refractivity contribution in [3.05, 3.63) is 72.1 Å². The maximum Gasteiger partial charge on any atom is 0.230 e. The lowest BCUT2D eigenvalue weighted by atomic mass is 10.1. The van der Waals surface area contributed by atoms with E-state index < -0.39 is 0 Å². The van der Waals surface area contributed by atoms with Crippen molar-refractivity contribution in [1.29, 1.82) is 0 Å². The Hall–Kier alpha value is -3.75. The zero-order valence-corrected chi connectivity index (χ0v) is 20.2. The Morgan fingerprint density at radius 1 is 1.14 bits per heavy atom. The number of H-pyrrole nitrogens is 1. The van der Waals surface area contributed by atoms with Crippen LogP contribution in [0.1, 0.15) is 17.7 Å². The van der Waals surface area contributed by atoms with E-state index in [-0.39, 0.29) is 0 Å². The van der Waals surface area contributed by atoms with Crippen molar-refractivity contribution >= 4 is 28.8 Å². The fourth-order valence-corrected chi connectivity index (χ4v) is 3.71. The van der Waals surface area contributed by atoms with Gasteiger partial charge in [-0.25, -0.2) is 4.98 Å². The number of carbonyl (C=O) groups excluding carboxylic acids is 1. The first-order chi connectivity index (χ1) is 17.1. The summed E-state index contributed by atoms with van der Waals surface area (Å²) < 4.78 is 11.0. The average Bonchev–Trinajstić information content (AvgIpc) is 3.23. The molecular formula is C27H31N5O3. The van der Waals surface area contributed by atoms with Crippen molar-refractivity contribution in [2.75, 3.05) is 38.7 Å². The number of aryl methyl sites for hydroxylation is 2. The molecule has 0 atom stereocenters. The van der Waals surface area contributed by atoms with Gasteiger partial charge in [-0.3, -0.25) is 0 Å². The van der Waals surface area contributed by atoms with Gasteiger partial charge in [0, 0.05) is 54.1 Å². The summed E-state index contributed by atoms with van der Waals surface area (Å²) in [5.41, 5.74) is 4.13. The van der Waals surface area contributed by atoms with Crippen LogP contribution in [0.5, 0.6) is 11.6 Å². The summed E-state index contributed by atoms with van der Waals surface area (Å²) in [5.74, 6) is 1.62. The molecule has 1 aliphatic rings. The number of benzene rings is 2. The van der Waals surface area contributed by atoms with E-state index in [1.165, 1.54) is 0 Å². The third-order valence-electron chi connectivity index (χ3n) is 5.55. The van der Waals surface area contributed by atoms with Gasteiger partial charge in [0.25, 0.3) is 0 Å². The van der Waals surface area contributed by atoms with Crippen molar-refractivity contribution in [2.24, 2.45) is 0 Å². The number of nitrogens with one attached hydrogen (secondary N) is 2. The van der Waals surface area contributed by atoms with Gasteiger partial charge in [0.2, 0.25) is 11.8 Å². The second-order valence-corrected chi connectivity index (χ2v) is 8.47. The molecule has 35 heavy (non-hydrogen) atoms. The van der Waals surface area contributed by atoms with E-state index in [2.05, 4.69) is 38.3 Å². The largest absolute Gasteiger partial charge is 0.439 e. The first-order valence-electron chi connectivity index (χ1n) is 11.8. The average molecular weight is 474 g/mol. The first-order valence-corrected chi connectivity index (χ1v) is 11.8. The molecule has 1 aliphatic heterocycles. The molecule has 182 valence electrons. The quantitative estimate of drug-likeness (QED) is 0.370. The molecule has 0 unspecified atom stereocenters. The minimum Gasteiger partial charge on any atom is -0.439 e. The molecule has 5 rings (SSSR count). The Morgan fingerprint density at radius 3 is 2.77 bits per heavy atom. The molecule has 0 aliphatic carbocycles. The molecule has 3 heterocycles. The number of hydrogen-bond donors (Lipinski definition) is 2. The lowest BCUT2D eigenvalue weighted by Crippen LogP contribution is -2.32. The number of aromatic nitrogens is 3. The number of carbonyl (C=O) groups is 1. The molecule has 2 aromatic heterocycles. The molecular weight excluding hydrogens is 442 g/mol. The van der Waals surface area contributed by atoms with Crippen molar-refractivity contribution in [1.82, 2.24) is 19.9 Å². The fraction of sp³-hybridized carbons (Fsp3) is 0.296. The van der Waals surface area contributed by atoms with Crippen molar-refractivity contribution in [3.63, 3.8) is 0 Å². The zero-order valence-electron chi connectivity index (χ0n) is 20.2. The van der Waals surface area contributed by atoms with Crippen LogP contribution in [0.25, 0.3) is 10.9 Å². The molecule has 1 saturated heterocycles. The molecule has 0 saturated carbocycles. The van der Waals surface area contributed by atoms with Crippen LogP contribution in [-0.4, -0.2) is 59.5 Å². The van der Waals surface area contributed by atoms with E-state index in [1.54, 1.807) is 12.3 Å². The summed E-state index contributed by atoms with van der Waals surface area (Å²) in [6.45, 7) is 6.05. The number of aldehydes is 1. The van der Waals surface area contributed by atoms with E-state index in [1.807, 2.05) is 49.4 Å². The van der Waals surface area contributed by atoms with E-state index in [4.69, 9.17) is 9.47 Å². The first kappa shape index (κ1) is 24.4. The highest BCUT2D eigenvalue weighted by atomic mass is 16.5. The van der Waals surface area contributed by atoms with Crippen LogP contribution < -0.4 is 10.1 Å². The van der Waals surface area contributed by atoms with Gasteiger partial charge in [-0.15, -0.1) is 0 Å². The predicted octanol–water partition coefficient (Wildman–Crippen LogP) is 4.88. The SMILES string of the molecule is CN1CCOCC1.Cc1cc2cc(Oc3ccnc(Nc4cccc(CCC=O)c4)n3)ccc2[nH]1. The predicted molar refractivity (Wildman–Crippen MR) is 138 cm³/mol. The van der Waals surface area contributed by atoms with Crippen LogP contribution in [-0.2, 0) is 16.0 Å². The van der Waals surface area contributed by atoms with Crippen molar-refractivity contribution in [2.45, 2.75) is 19.8 Å². The minimum atomic E-state index is 0.448. The van der Waals surface area contributed by atoms with Gasteiger partial charge < -0.3 is 29.5 Å². The molecule has 0 bridgehead atoms. The summed E-state index contributed by atoms with van der Waals surface area (Å²) in [7, 11) is 2.11. The fourth-order valence-electron chi connectivity index (χ4n) is 3.71. The molecule has 0 amide bonds. The Morgan fingerprint density at radius 2 is 2.00 bits per heavy atom. The van der Waals surface area contributed by atoms with Crippen LogP contribution in [0.3, 0.4) is 0 Å². The van der Waals surface area contributed by atoms with Gasteiger partial charge in [0.05, 0.1) is 13.2 Å². The summed E-state index contributed by atoms with van der Waals surface area (Å²) in [4.78, 5) is 24.8. The highest BCUT2D eigenvalue weighted by molar-refractivity contribution is 5.81. The summed E-state index contributed by atoms with van der Waals surface area (Å²) in [5, 5.41) is 4.28. The third kappa shape index (κ3) is 7.37. The van der Waals surface area contributed by atoms with E-state index in [0.29, 0.717) is 30.4 Å². The van der Waals surface area contributed by atoms with Crippen LogP contribution in [0, 0.1) is 6.92 Å². The minimum absolute atomic E-state index is 0.448. The van der Waals surface area contributed by atoms with Crippen molar-refractivity contribution in [3.8, 4) is 11.6 Å². The van der Waals surface area contributed by atoms with E-state index >= 15 is 0 Å². The third-order valence-corrected chi connectivity index (χ3v) is 5.55. The zero-order chi connectivity index (χ0) is 24.5. The van der Waals surface area contributed by atoms with Gasteiger partial charge in [0.15, 0.2) is 0 Å². The maximum atomic E-state index is 10.6. The topological polar surface area (TPSA) is 92.4 Å². The summed E-state index contributed by atoms with van der Waals surface area (Å²) in [6.07, 6.45) is 3.80. The molecule has 8 nitrogen and oxygen atoms in total. The second-order valence-electron chi connectivity index (χ2n) is 8.47. The normalized spacial score (nSPS) is 13.7. The van der Waals surface area contributed by atoms with Crippen molar-refractivity contribution < 1.29 is 14.3 Å². The van der Waals surface area contributed by atoms with Gasteiger partial charge in [0.1, 0.15) is 12.0 Å². The van der Waals surface area contributed by atoms with Crippen LogP contribution >= 0.6 is 0 Å². The molecule has 0 spiro atoms. The van der Waals surface area contributed by atoms with E-state index in [0.717, 1.165) is 60.4 Å². The highest BCUT2D eigenvalue weighted by Crippen LogP contribution is 2.26. The Kier molecular flexibility index (Phi) is 8.43. The number of hydrogen-bond acceptors (Lipinski definition) is 7. The van der Waals surface area contributed by atoms with Crippen LogP contribution in [0.4, 0.5) is 11.6 Å². The molecule has 0 radical (unpaired) electrons. The number of aromatic amines is 1. The standard InChI is InChI=1S/C22H20N4O2.C5H11NO/c1-15-12-17-14-19(7-8-20(17)24-15)28-21-9-10-23-22(26-21)25-18-6-2-4-16(13-18)5-3-11-27;1-6-2-4-7-5-3-6/h2,4,6-14,24H,3,5H2,1H3,(H,23,25,26);2-5H2,1H3. The summed E-state index contributed by atoms with van der Waals surface area (Å²) >= 11 is 0. The number of rotatable bonds is 7. The molecule has 2 aromatic carbocycles. The number of ether oxygens (including phenoxy) is 2. The Labute approximate surface area is 205 Å². The maximum absolute atomic E-state index is 10.6. The Bertz CT molecular complexity index is 1250. The smallest absolute Gasteiger partial charge is 0.230 e. The number of anilines is 2. The number of fused-ring (bicyclic) bond motifs is 1. The highest BCUT2D eigenvalue weighted by Gasteiger charge is 2.06. The number of morpholine rings is 1. The Balaban J connectivity index is 0.000000356. The number of nitrogens with zero attached hydrogens (tertiary/aromatic N) is 3. The van der Waals surface area contributed by atoms with Gasteiger partial charge in [-0.1, -0.05) is 12.1 Å². The molecule has 4 aromatic rings. The lowest BCUT2D eigenvalue weighted by molar-refractivity contribution is -0.107. The summed E-state index contributed by atoms with van der Waals surface area (Å²) in [6, 6.07) is 17.5. The van der Waals surface area contributed by atoms with Crippen LogP contribution in [0.2, 0.25) is 0 Å². The molecule has 8 heteroatoms. The second kappa shape index (κ2) is 12.1. The molecule has 2 N–H and O–H groups in total. The lowest BCUT2D eigenvalue weighted by Gasteiger charge is -2.21. The molecule has 1 fully saturated rings. The van der Waals surface area contributed by atoms with Crippen LogP contribution in [0.15, 0.2) is 60.8 Å².